The lowest BCUT2D eigenvalue weighted by molar-refractivity contribution is -0.126. The molecule has 0 aromatic heterocycles. The molecule has 0 aliphatic carbocycles. The van der Waals surface area contributed by atoms with Gasteiger partial charge in [-0.2, -0.15) is 0 Å². The zero-order valence-corrected chi connectivity index (χ0v) is 21.6. The first kappa shape index (κ1) is 24.9. The second kappa shape index (κ2) is 11.1. The molecular weight excluding hydrogens is 491 g/mol. The number of halogens is 1. The number of rotatable bonds is 6. The van der Waals surface area contributed by atoms with E-state index in [4.69, 9.17) is 9.47 Å². The largest absolute Gasteiger partial charge is 0.454 e. The molecule has 0 radical (unpaired) electrons. The molecule has 0 unspecified atom stereocenters. The predicted molar refractivity (Wildman–Crippen MR) is 151 cm³/mol. The molecule has 0 atom stereocenters. The van der Waals surface area contributed by atoms with E-state index in [1.807, 2.05) is 65.6 Å². The first-order chi connectivity index (χ1) is 19.1. The van der Waals surface area contributed by atoms with Crippen LogP contribution in [-0.2, 0) is 11.3 Å². The van der Waals surface area contributed by atoms with Crippen LogP contribution in [0.4, 0.5) is 4.39 Å². The van der Waals surface area contributed by atoms with Gasteiger partial charge in [-0.15, -0.1) is 0 Å². The Morgan fingerprint density at radius 2 is 1.46 bits per heavy atom. The van der Waals surface area contributed by atoms with Gasteiger partial charge in [-0.05, 0) is 58.2 Å². The summed E-state index contributed by atoms with van der Waals surface area (Å²) in [6.45, 7) is 3.87. The van der Waals surface area contributed by atoms with Crippen molar-refractivity contribution in [2.75, 3.05) is 33.0 Å². The van der Waals surface area contributed by atoms with Gasteiger partial charge in [0, 0.05) is 38.3 Å². The predicted octanol–water partition coefficient (Wildman–Crippen LogP) is 6.11. The Morgan fingerprint density at radius 1 is 0.769 bits per heavy atom. The molecule has 6 heteroatoms. The van der Waals surface area contributed by atoms with Crippen molar-refractivity contribution >= 4 is 17.6 Å². The van der Waals surface area contributed by atoms with Crippen molar-refractivity contribution in [2.45, 2.75) is 6.54 Å². The summed E-state index contributed by atoms with van der Waals surface area (Å²) in [6.07, 6.45) is 1.86. The van der Waals surface area contributed by atoms with Crippen molar-refractivity contribution in [1.82, 2.24) is 9.80 Å². The van der Waals surface area contributed by atoms with Crippen LogP contribution < -0.4 is 9.47 Å². The Balaban J connectivity index is 1.19. The SMILES string of the molecule is O=C(/C(=C/c1ccc(F)cc1)c1ccc(-c2ccccc2)cc1)N1CCN(Cc2ccc3c(c2)OCO3)CC1. The van der Waals surface area contributed by atoms with Gasteiger partial charge in [0.2, 0.25) is 6.79 Å². The van der Waals surface area contributed by atoms with E-state index in [1.54, 1.807) is 12.1 Å². The molecule has 1 saturated heterocycles. The second-order valence-corrected chi connectivity index (χ2v) is 9.81. The third kappa shape index (κ3) is 5.71. The number of ether oxygens (including phenoxy) is 2. The lowest BCUT2D eigenvalue weighted by Crippen LogP contribution is -2.48. The van der Waals surface area contributed by atoms with E-state index < -0.39 is 0 Å². The smallest absolute Gasteiger partial charge is 0.254 e. The molecule has 2 aliphatic rings. The summed E-state index contributed by atoms with van der Waals surface area (Å²) in [6, 6.07) is 30.5. The highest BCUT2D eigenvalue weighted by atomic mass is 19.1. The van der Waals surface area contributed by atoms with Crippen molar-refractivity contribution < 1.29 is 18.7 Å². The van der Waals surface area contributed by atoms with E-state index >= 15 is 0 Å². The van der Waals surface area contributed by atoms with Gasteiger partial charge < -0.3 is 14.4 Å². The lowest BCUT2D eigenvalue weighted by Gasteiger charge is -2.35. The van der Waals surface area contributed by atoms with Crippen molar-refractivity contribution in [3.63, 3.8) is 0 Å². The summed E-state index contributed by atoms with van der Waals surface area (Å²) in [5, 5.41) is 0. The van der Waals surface area contributed by atoms with Crippen LogP contribution in [-0.4, -0.2) is 48.7 Å². The molecule has 1 fully saturated rings. The molecule has 6 rings (SSSR count). The maximum atomic E-state index is 13.9. The summed E-state index contributed by atoms with van der Waals surface area (Å²) in [5.41, 5.74) is 5.60. The monoisotopic (exact) mass is 520 g/mol. The fourth-order valence-electron chi connectivity index (χ4n) is 5.04. The van der Waals surface area contributed by atoms with Gasteiger partial charge in [0.25, 0.3) is 5.91 Å². The summed E-state index contributed by atoms with van der Waals surface area (Å²) >= 11 is 0. The van der Waals surface area contributed by atoms with E-state index in [-0.39, 0.29) is 18.5 Å². The molecule has 1 amide bonds. The van der Waals surface area contributed by atoms with E-state index in [0.717, 1.165) is 59.0 Å². The second-order valence-electron chi connectivity index (χ2n) is 9.81. The van der Waals surface area contributed by atoms with Crippen molar-refractivity contribution in [3.05, 3.63) is 120 Å². The molecule has 2 heterocycles. The van der Waals surface area contributed by atoms with Crippen molar-refractivity contribution in [3.8, 4) is 22.6 Å². The zero-order valence-electron chi connectivity index (χ0n) is 21.6. The van der Waals surface area contributed by atoms with Gasteiger partial charge in [-0.25, -0.2) is 4.39 Å². The average molecular weight is 521 g/mol. The van der Waals surface area contributed by atoms with Gasteiger partial charge in [-0.3, -0.25) is 9.69 Å². The lowest BCUT2D eigenvalue weighted by atomic mass is 9.97. The van der Waals surface area contributed by atoms with Crippen LogP contribution in [0.2, 0.25) is 0 Å². The number of piperazine rings is 1. The number of fused-ring (bicyclic) bond motifs is 1. The topological polar surface area (TPSA) is 42.0 Å². The highest BCUT2D eigenvalue weighted by molar-refractivity contribution is 6.24. The molecule has 4 aromatic rings. The number of nitrogens with zero attached hydrogens (tertiary/aromatic N) is 2. The third-order valence-corrected chi connectivity index (χ3v) is 7.22. The summed E-state index contributed by atoms with van der Waals surface area (Å²) in [5.74, 6) is 1.25. The molecular formula is C33H29FN2O3. The molecule has 39 heavy (non-hydrogen) atoms. The van der Waals surface area contributed by atoms with Gasteiger partial charge in [0.1, 0.15) is 5.82 Å². The number of carbonyl (C=O) groups excluding carboxylic acids is 1. The fraction of sp³-hybridized carbons (Fsp3) is 0.182. The van der Waals surface area contributed by atoms with E-state index in [2.05, 4.69) is 23.1 Å². The van der Waals surface area contributed by atoms with E-state index in [0.29, 0.717) is 18.7 Å². The molecule has 0 saturated carbocycles. The van der Waals surface area contributed by atoms with Crippen LogP contribution in [0.3, 0.4) is 0 Å². The maximum Gasteiger partial charge on any atom is 0.254 e. The molecule has 196 valence electrons. The van der Waals surface area contributed by atoms with Gasteiger partial charge in [-0.1, -0.05) is 72.8 Å². The first-order valence-electron chi connectivity index (χ1n) is 13.2. The van der Waals surface area contributed by atoms with Gasteiger partial charge in [0.15, 0.2) is 11.5 Å². The Kier molecular flexibility index (Phi) is 7.11. The van der Waals surface area contributed by atoms with Gasteiger partial charge in [0.05, 0.1) is 0 Å². The maximum absolute atomic E-state index is 13.9. The summed E-state index contributed by atoms with van der Waals surface area (Å²) in [7, 11) is 0. The number of benzene rings is 4. The average Bonchev–Trinajstić information content (AvgIpc) is 3.46. The van der Waals surface area contributed by atoms with Crippen LogP contribution >= 0.6 is 0 Å². The third-order valence-electron chi connectivity index (χ3n) is 7.22. The summed E-state index contributed by atoms with van der Waals surface area (Å²) in [4.78, 5) is 18.1. The Hall–Kier alpha value is -4.42. The minimum atomic E-state index is -0.300. The fourth-order valence-corrected chi connectivity index (χ4v) is 5.04. The Bertz CT molecular complexity index is 1480. The first-order valence-corrected chi connectivity index (χ1v) is 13.2. The number of hydrogen-bond acceptors (Lipinski definition) is 4. The standard InChI is InChI=1S/C33H29FN2O3/c34-29-13-6-24(7-14-29)20-30(28-11-9-27(10-12-28)26-4-2-1-3-5-26)33(37)36-18-16-35(17-19-36)22-25-8-15-31-32(21-25)39-23-38-31/h1-15,20-21H,16-19,22-23H2/b30-20+. The van der Waals surface area contributed by atoms with Crippen molar-refractivity contribution in [1.29, 1.82) is 0 Å². The van der Waals surface area contributed by atoms with E-state index in [1.165, 1.54) is 12.1 Å². The molecule has 2 aliphatic heterocycles. The van der Waals surface area contributed by atoms with Crippen LogP contribution in [0.15, 0.2) is 97.1 Å². The number of hydrogen-bond donors (Lipinski definition) is 0. The van der Waals surface area contributed by atoms with E-state index in [9.17, 15) is 9.18 Å². The Labute approximate surface area is 227 Å². The summed E-state index contributed by atoms with van der Waals surface area (Å²) < 4.78 is 24.5. The Morgan fingerprint density at radius 3 is 2.21 bits per heavy atom. The van der Waals surface area contributed by atoms with Crippen molar-refractivity contribution in [2.24, 2.45) is 0 Å². The highest BCUT2D eigenvalue weighted by Crippen LogP contribution is 2.33. The van der Waals surface area contributed by atoms with Crippen LogP contribution in [0.1, 0.15) is 16.7 Å². The van der Waals surface area contributed by atoms with Gasteiger partial charge >= 0.3 is 0 Å². The molecule has 0 N–H and O–H groups in total. The highest BCUT2D eigenvalue weighted by Gasteiger charge is 2.25. The quantitative estimate of drug-likeness (QED) is 0.227. The van der Waals surface area contributed by atoms with Crippen LogP contribution in [0, 0.1) is 5.82 Å². The molecule has 4 aromatic carbocycles. The molecule has 0 spiro atoms. The van der Waals surface area contributed by atoms with Crippen LogP contribution in [0.25, 0.3) is 22.8 Å². The normalized spacial score (nSPS) is 15.4. The van der Waals surface area contributed by atoms with Crippen LogP contribution in [0.5, 0.6) is 11.5 Å². The molecule has 5 nitrogen and oxygen atoms in total. The zero-order chi connectivity index (χ0) is 26.6. The number of carbonyl (C=O) groups is 1. The number of amides is 1. The minimum absolute atomic E-state index is 0.0190. The minimum Gasteiger partial charge on any atom is -0.454 e. The molecule has 0 bridgehead atoms.